The quantitative estimate of drug-likeness (QED) is 0.126. The maximum atomic E-state index is 17.2. The first kappa shape index (κ1) is 37.5. The summed E-state index contributed by atoms with van der Waals surface area (Å²) in [5.41, 5.74) is 0.383. The van der Waals surface area contributed by atoms with Crippen LogP contribution in [-0.2, 0) is 22.7 Å². The topological polar surface area (TPSA) is 38.0 Å². The van der Waals surface area contributed by atoms with Crippen molar-refractivity contribution in [3.05, 3.63) is 172 Å². The van der Waals surface area contributed by atoms with E-state index in [4.69, 9.17) is 6.57 Å². The van der Waals surface area contributed by atoms with Gasteiger partial charge >= 0.3 is 17.8 Å². The molecule has 0 saturated heterocycles. The minimum Gasteiger partial charge on any atom is -0.318 e. The van der Waals surface area contributed by atoms with Crippen molar-refractivity contribution in [3.63, 3.8) is 0 Å². The van der Waals surface area contributed by atoms with Crippen LogP contribution in [0, 0.1) is 17.9 Å². The predicted octanol–water partition coefficient (Wildman–Crippen LogP) is 14.7. The molecule has 0 saturated carbocycles. The van der Waals surface area contributed by atoms with E-state index in [1.54, 1.807) is 60.7 Å². The van der Waals surface area contributed by atoms with Crippen LogP contribution in [0.2, 0.25) is 0 Å². The Hall–Kier alpha value is -7.30. The molecule has 10 heteroatoms. The van der Waals surface area contributed by atoms with Crippen molar-refractivity contribution < 1.29 is 26.3 Å². The smallest absolute Gasteiger partial charge is 0.318 e. The summed E-state index contributed by atoms with van der Waals surface area (Å²) in [6, 6.07) is 38.3. The second-order valence-corrected chi connectivity index (χ2v) is 18.0. The van der Waals surface area contributed by atoms with Gasteiger partial charge in [0.2, 0.25) is 5.69 Å². The Morgan fingerprint density at radius 1 is 0.492 bits per heavy atom. The van der Waals surface area contributed by atoms with Gasteiger partial charge in [0.15, 0.2) is 0 Å². The molecule has 0 fully saturated rings. The van der Waals surface area contributed by atoms with Gasteiger partial charge in [-0.3, -0.25) is 0 Å². The standard InChI is InChI=1S/C53H32F6N4/c1-49(2)36-18-10-6-14-27(36)31-22-33-29-16-8-12-20-40(29)62(42(33)24-38(31)49)47-35(26-60)46(61-5)48(45-44(47)51(54,55)53(58,59)52(45,56)57)63-41-21-13-9-17-30(41)34-23-32-28-15-7-11-19-37(28)50(3,4)39(32)25-43(34)63/h6-25H,1-4H3. The van der Waals surface area contributed by atoms with Gasteiger partial charge in [0, 0.05) is 32.4 Å². The van der Waals surface area contributed by atoms with Crippen LogP contribution in [0.25, 0.3) is 82.1 Å². The molecule has 0 aliphatic heterocycles. The molecule has 9 aromatic rings. The number of fused-ring (bicyclic) bond motifs is 13. The fourth-order valence-electron chi connectivity index (χ4n) is 11.3. The Balaban J connectivity index is 1.27. The highest BCUT2D eigenvalue weighted by Gasteiger charge is 2.81. The largest absolute Gasteiger partial charge is 0.380 e. The Kier molecular flexibility index (Phi) is 6.89. The van der Waals surface area contributed by atoms with Gasteiger partial charge in [-0.25, -0.2) is 4.85 Å². The van der Waals surface area contributed by atoms with Gasteiger partial charge in [0.05, 0.1) is 62.8 Å². The summed E-state index contributed by atoms with van der Waals surface area (Å²) in [5, 5.41) is 13.3. The number of aromatic nitrogens is 2. The van der Waals surface area contributed by atoms with Crippen molar-refractivity contribution in [2.24, 2.45) is 0 Å². The van der Waals surface area contributed by atoms with Gasteiger partial charge in [0.1, 0.15) is 0 Å². The van der Waals surface area contributed by atoms with Crippen LogP contribution < -0.4 is 0 Å². The number of nitrogens with zero attached hydrogens (tertiary/aromatic N) is 4. The van der Waals surface area contributed by atoms with Crippen molar-refractivity contribution in [1.29, 1.82) is 5.26 Å². The minimum absolute atomic E-state index is 0.216. The van der Waals surface area contributed by atoms with E-state index in [0.29, 0.717) is 21.5 Å². The average molecular weight is 839 g/mol. The molecule has 63 heavy (non-hydrogen) atoms. The zero-order valence-electron chi connectivity index (χ0n) is 34.1. The van der Waals surface area contributed by atoms with E-state index < -0.39 is 62.4 Å². The fourth-order valence-corrected chi connectivity index (χ4v) is 11.3. The van der Waals surface area contributed by atoms with Gasteiger partial charge in [-0.05, 0) is 80.9 Å². The van der Waals surface area contributed by atoms with Crippen LogP contribution in [0.15, 0.2) is 121 Å². The second-order valence-electron chi connectivity index (χ2n) is 18.0. The van der Waals surface area contributed by atoms with Crippen molar-refractivity contribution in [3.8, 4) is 39.7 Å². The first-order valence-corrected chi connectivity index (χ1v) is 20.5. The van der Waals surface area contributed by atoms with Gasteiger partial charge in [-0.2, -0.15) is 31.6 Å². The molecule has 2 aromatic heterocycles. The summed E-state index contributed by atoms with van der Waals surface area (Å²) < 4.78 is 104. The number of benzene rings is 7. The predicted molar refractivity (Wildman–Crippen MR) is 234 cm³/mol. The molecule has 306 valence electrons. The Morgan fingerprint density at radius 3 is 1.37 bits per heavy atom. The number of rotatable bonds is 2. The third-order valence-corrected chi connectivity index (χ3v) is 14.3. The first-order valence-electron chi connectivity index (χ1n) is 20.5. The highest BCUT2D eigenvalue weighted by Crippen LogP contribution is 2.68. The van der Waals surface area contributed by atoms with Crippen LogP contribution in [0.1, 0.15) is 66.6 Å². The van der Waals surface area contributed by atoms with Crippen molar-refractivity contribution in [2.75, 3.05) is 0 Å². The maximum absolute atomic E-state index is 17.2. The van der Waals surface area contributed by atoms with Crippen LogP contribution in [0.5, 0.6) is 0 Å². The minimum atomic E-state index is -5.97. The molecule has 0 spiro atoms. The van der Waals surface area contributed by atoms with Crippen LogP contribution in [0.3, 0.4) is 0 Å². The molecule has 12 rings (SSSR count). The second kappa shape index (κ2) is 11.6. The molecular weight excluding hydrogens is 807 g/mol. The van der Waals surface area contributed by atoms with Crippen LogP contribution >= 0.6 is 0 Å². The molecule has 3 aliphatic rings. The Morgan fingerprint density at radius 2 is 0.905 bits per heavy atom. The summed E-state index contributed by atoms with van der Waals surface area (Å²) in [7, 11) is 0. The first-order chi connectivity index (χ1) is 30.0. The summed E-state index contributed by atoms with van der Waals surface area (Å²) in [5.74, 6) is -17.0. The van der Waals surface area contributed by atoms with E-state index in [1.807, 2.05) is 94.4 Å². The monoisotopic (exact) mass is 838 g/mol. The lowest BCUT2D eigenvalue weighted by molar-refractivity contribution is -0.302. The van der Waals surface area contributed by atoms with Crippen molar-refractivity contribution >= 4 is 49.3 Å². The molecule has 0 amide bonds. The zero-order valence-corrected chi connectivity index (χ0v) is 34.1. The molecule has 4 nitrogen and oxygen atoms in total. The number of para-hydroxylation sites is 2. The lowest BCUT2D eigenvalue weighted by Crippen LogP contribution is -2.43. The molecule has 0 radical (unpaired) electrons. The number of halogens is 6. The lowest BCUT2D eigenvalue weighted by atomic mass is 9.82. The zero-order chi connectivity index (χ0) is 43.9. The third kappa shape index (κ3) is 4.18. The summed E-state index contributed by atoms with van der Waals surface area (Å²) in [4.78, 5) is 3.69. The SMILES string of the molecule is [C-]#[N+]c1c(C#N)c(-n2c3ccccc3c3cc4c(cc32)C(C)(C)c2ccccc2-4)c2c(c1-n1c3ccccc3c3cc4c(cc31)C(C)(C)c1ccccc1-4)C(F)(F)C(F)(F)C2(F)F. The Labute approximate surface area is 356 Å². The van der Waals surface area contributed by atoms with E-state index >= 15 is 26.3 Å². The van der Waals surface area contributed by atoms with Crippen LogP contribution in [0.4, 0.5) is 32.0 Å². The number of nitriles is 1. The third-order valence-electron chi connectivity index (χ3n) is 14.3. The maximum Gasteiger partial charge on any atom is 0.380 e. The summed E-state index contributed by atoms with van der Waals surface area (Å²) in [6.07, 6.45) is 0. The molecule has 2 heterocycles. The fraction of sp³-hybridized carbons (Fsp3) is 0.170. The lowest BCUT2D eigenvalue weighted by Gasteiger charge is -2.25. The summed E-state index contributed by atoms with van der Waals surface area (Å²) in [6.45, 7) is 16.7. The molecule has 0 bridgehead atoms. The molecule has 7 aromatic carbocycles. The molecule has 0 N–H and O–H groups in total. The van der Waals surface area contributed by atoms with Crippen molar-refractivity contribution in [1.82, 2.24) is 9.13 Å². The van der Waals surface area contributed by atoms with Crippen molar-refractivity contribution in [2.45, 2.75) is 56.3 Å². The van der Waals surface area contributed by atoms with E-state index in [2.05, 4.69) is 4.85 Å². The number of alkyl halides is 6. The van der Waals surface area contributed by atoms with E-state index in [1.165, 1.54) is 9.13 Å². The molecular formula is C53H32F6N4. The molecule has 0 atom stereocenters. The number of hydrogen-bond acceptors (Lipinski definition) is 1. The van der Waals surface area contributed by atoms with Gasteiger partial charge in [-0.15, -0.1) is 0 Å². The molecule has 0 unspecified atom stereocenters. The van der Waals surface area contributed by atoms with Gasteiger partial charge < -0.3 is 9.13 Å². The average Bonchev–Trinajstić information content (AvgIpc) is 3.94. The highest BCUT2D eigenvalue weighted by molar-refractivity contribution is 6.14. The molecule has 3 aliphatic carbocycles. The van der Waals surface area contributed by atoms with E-state index in [0.717, 1.165) is 44.5 Å². The highest BCUT2D eigenvalue weighted by atomic mass is 19.3. The van der Waals surface area contributed by atoms with E-state index in [-0.39, 0.29) is 22.1 Å². The van der Waals surface area contributed by atoms with Gasteiger partial charge in [0.25, 0.3) is 0 Å². The normalized spacial score (nSPS) is 17.7. The number of hydrogen-bond donors (Lipinski definition) is 0. The van der Waals surface area contributed by atoms with E-state index in [9.17, 15) is 5.26 Å². The van der Waals surface area contributed by atoms with Gasteiger partial charge in [-0.1, -0.05) is 113 Å². The Bertz CT molecular complexity index is 3460. The van der Waals surface area contributed by atoms with Crippen LogP contribution in [-0.4, -0.2) is 15.1 Å². The summed E-state index contributed by atoms with van der Waals surface area (Å²) >= 11 is 0.